The fourth-order valence-electron chi connectivity index (χ4n) is 3.25. The van der Waals surface area contributed by atoms with Crippen molar-refractivity contribution in [2.24, 2.45) is 11.5 Å². The Labute approximate surface area is 220 Å². The van der Waals surface area contributed by atoms with Crippen molar-refractivity contribution in [1.29, 1.82) is 0 Å². The smallest absolute Gasteiger partial charge is 0.326 e. The molecule has 0 saturated carbocycles. The van der Waals surface area contributed by atoms with Gasteiger partial charge in [0.25, 0.3) is 0 Å². The molecule has 3 amide bonds. The highest BCUT2D eigenvalue weighted by molar-refractivity contribution is 7.98. The second-order valence-electron chi connectivity index (χ2n) is 8.25. The summed E-state index contributed by atoms with van der Waals surface area (Å²) in [7, 11) is 0. The summed E-state index contributed by atoms with van der Waals surface area (Å²) in [4.78, 5) is 49.8. The van der Waals surface area contributed by atoms with Crippen LogP contribution >= 0.6 is 24.4 Å². The Morgan fingerprint density at radius 3 is 2.08 bits per heavy atom. The van der Waals surface area contributed by atoms with Crippen LogP contribution < -0.4 is 27.4 Å². The van der Waals surface area contributed by atoms with Crippen LogP contribution in [0.2, 0.25) is 0 Å². The number of unbranched alkanes of at least 4 members (excludes halogenated alkanes) is 1. The first-order chi connectivity index (χ1) is 17.1. The number of amides is 3. The Bertz CT molecular complexity index is 858. The number of benzene rings is 1. The summed E-state index contributed by atoms with van der Waals surface area (Å²) in [5.41, 5.74) is 12.3. The normalized spacial score (nSPS) is 14.2. The van der Waals surface area contributed by atoms with Gasteiger partial charge in [-0.05, 0) is 68.4 Å². The molecule has 1 aromatic carbocycles. The second kappa shape index (κ2) is 17.1. The topological polar surface area (TPSA) is 197 Å². The number of carbonyl (C=O) groups excluding carboxylic acids is 3. The van der Waals surface area contributed by atoms with Crippen molar-refractivity contribution in [1.82, 2.24) is 16.0 Å². The summed E-state index contributed by atoms with van der Waals surface area (Å²) in [6, 6.07) is 2.15. The molecule has 0 aliphatic heterocycles. The van der Waals surface area contributed by atoms with Crippen LogP contribution in [0, 0.1) is 0 Å². The molecule has 0 spiro atoms. The molecular weight excluding hydrogens is 506 g/mol. The lowest BCUT2D eigenvalue weighted by Crippen LogP contribution is -2.57. The van der Waals surface area contributed by atoms with E-state index in [1.807, 2.05) is 6.26 Å². The molecule has 11 nitrogen and oxygen atoms in total. The number of carboxylic acid groups (broad SMARTS) is 1. The molecule has 0 heterocycles. The molecule has 1 rings (SSSR count). The first-order valence-electron chi connectivity index (χ1n) is 11.6. The van der Waals surface area contributed by atoms with E-state index in [4.69, 9.17) is 11.5 Å². The number of nitrogens with one attached hydrogen (secondary N) is 3. The summed E-state index contributed by atoms with van der Waals surface area (Å²) in [5, 5.41) is 26.4. The number of thiol groups is 1. The van der Waals surface area contributed by atoms with E-state index in [1.165, 1.54) is 23.9 Å². The lowest BCUT2D eigenvalue weighted by atomic mass is 10.0. The van der Waals surface area contributed by atoms with Gasteiger partial charge in [0.2, 0.25) is 17.7 Å². The van der Waals surface area contributed by atoms with Gasteiger partial charge in [0.05, 0.1) is 6.04 Å². The van der Waals surface area contributed by atoms with Gasteiger partial charge < -0.3 is 37.6 Å². The molecule has 4 atom stereocenters. The Kier molecular flexibility index (Phi) is 14.9. The zero-order valence-corrected chi connectivity index (χ0v) is 22.0. The van der Waals surface area contributed by atoms with Crippen LogP contribution in [0.25, 0.3) is 0 Å². The van der Waals surface area contributed by atoms with Crippen LogP contribution in [0.1, 0.15) is 31.2 Å². The Morgan fingerprint density at radius 1 is 0.944 bits per heavy atom. The molecule has 0 fully saturated rings. The predicted molar refractivity (Wildman–Crippen MR) is 143 cm³/mol. The third kappa shape index (κ3) is 11.5. The number of aliphatic carboxylic acids is 1. The largest absolute Gasteiger partial charge is 0.508 e. The molecule has 0 aliphatic carbocycles. The molecule has 0 radical (unpaired) electrons. The molecule has 13 heteroatoms. The van der Waals surface area contributed by atoms with E-state index in [0.717, 1.165) is 5.56 Å². The van der Waals surface area contributed by atoms with Gasteiger partial charge in [-0.3, -0.25) is 14.4 Å². The maximum absolute atomic E-state index is 13.0. The Balaban J connectivity index is 2.84. The van der Waals surface area contributed by atoms with Crippen LogP contribution in [0.4, 0.5) is 0 Å². The molecule has 4 unspecified atom stereocenters. The van der Waals surface area contributed by atoms with Crippen molar-refractivity contribution in [3.8, 4) is 5.75 Å². The molecule has 0 saturated heterocycles. The van der Waals surface area contributed by atoms with Crippen LogP contribution in [0.5, 0.6) is 5.75 Å². The predicted octanol–water partition coefficient (Wildman–Crippen LogP) is -0.387. The summed E-state index contributed by atoms with van der Waals surface area (Å²) in [6.07, 6.45) is 3.70. The average Bonchev–Trinajstić information content (AvgIpc) is 2.85. The monoisotopic (exact) mass is 543 g/mol. The van der Waals surface area contributed by atoms with Crippen molar-refractivity contribution in [3.63, 3.8) is 0 Å². The van der Waals surface area contributed by atoms with Gasteiger partial charge in [-0.25, -0.2) is 4.79 Å². The van der Waals surface area contributed by atoms with E-state index in [1.54, 1.807) is 12.1 Å². The van der Waals surface area contributed by atoms with Crippen LogP contribution in [0.3, 0.4) is 0 Å². The quantitative estimate of drug-likeness (QED) is 0.0953. The van der Waals surface area contributed by atoms with Crippen molar-refractivity contribution < 1.29 is 29.4 Å². The molecule has 0 aromatic heterocycles. The summed E-state index contributed by atoms with van der Waals surface area (Å²) in [5.74, 6) is -2.45. The van der Waals surface area contributed by atoms with Gasteiger partial charge in [0.15, 0.2) is 0 Å². The van der Waals surface area contributed by atoms with Gasteiger partial charge in [-0.15, -0.1) is 0 Å². The summed E-state index contributed by atoms with van der Waals surface area (Å²) >= 11 is 5.58. The highest BCUT2D eigenvalue weighted by atomic mass is 32.2. The minimum absolute atomic E-state index is 0.0731. The fraction of sp³-hybridized carbons (Fsp3) is 0.565. The number of carbonyl (C=O) groups is 4. The number of rotatable bonds is 17. The second-order valence-corrected chi connectivity index (χ2v) is 9.60. The molecule has 1 aromatic rings. The number of nitrogens with two attached hydrogens (primary N) is 2. The number of carboxylic acids is 1. The van der Waals surface area contributed by atoms with Gasteiger partial charge in [-0.2, -0.15) is 24.4 Å². The van der Waals surface area contributed by atoms with Gasteiger partial charge in [0.1, 0.15) is 23.9 Å². The molecule has 36 heavy (non-hydrogen) atoms. The standard InChI is InChI=1S/C23H37N5O6S2/c1-36-11-9-18(23(33)34)27-22(32)19(13-35)28-21(31)17(4-2-3-10-24)26-20(30)16(25)12-14-5-7-15(29)8-6-14/h5-8,16-19,29,35H,2-4,9-13,24-25H2,1H3,(H,26,30)(H,27,32)(H,28,31)(H,33,34). The summed E-state index contributed by atoms with van der Waals surface area (Å²) < 4.78 is 0. The van der Waals surface area contributed by atoms with Crippen molar-refractivity contribution >= 4 is 48.1 Å². The van der Waals surface area contributed by atoms with E-state index >= 15 is 0 Å². The van der Waals surface area contributed by atoms with E-state index in [9.17, 15) is 29.4 Å². The number of thioether (sulfide) groups is 1. The van der Waals surface area contributed by atoms with E-state index < -0.39 is 47.9 Å². The van der Waals surface area contributed by atoms with Crippen LogP contribution in [-0.4, -0.2) is 82.4 Å². The van der Waals surface area contributed by atoms with Gasteiger partial charge in [0, 0.05) is 5.75 Å². The van der Waals surface area contributed by atoms with E-state index in [2.05, 4.69) is 28.6 Å². The van der Waals surface area contributed by atoms with E-state index in [0.29, 0.717) is 25.1 Å². The number of phenols is 1. The van der Waals surface area contributed by atoms with Gasteiger partial charge in [-0.1, -0.05) is 12.1 Å². The summed E-state index contributed by atoms with van der Waals surface area (Å²) in [6.45, 7) is 0.414. The molecule has 202 valence electrons. The highest BCUT2D eigenvalue weighted by Gasteiger charge is 2.29. The molecule has 0 bridgehead atoms. The minimum atomic E-state index is -1.17. The Hall–Kier alpha value is -2.48. The highest BCUT2D eigenvalue weighted by Crippen LogP contribution is 2.11. The number of aromatic hydroxyl groups is 1. The molecule has 9 N–H and O–H groups in total. The van der Waals surface area contributed by atoms with Crippen molar-refractivity contribution in [2.45, 2.75) is 56.3 Å². The first-order valence-corrected chi connectivity index (χ1v) is 13.6. The van der Waals surface area contributed by atoms with Crippen LogP contribution in [0.15, 0.2) is 24.3 Å². The maximum Gasteiger partial charge on any atom is 0.326 e. The molecular formula is C23H37N5O6S2. The van der Waals surface area contributed by atoms with Crippen molar-refractivity contribution in [2.75, 3.05) is 24.3 Å². The third-order valence-corrected chi connectivity index (χ3v) is 6.36. The fourth-order valence-corrected chi connectivity index (χ4v) is 3.98. The van der Waals surface area contributed by atoms with Crippen molar-refractivity contribution in [3.05, 3.63) is 29.8 Å². The minimum Gasteiger partial charge on any atom is -0.508 e. The van der Waals surface area contributed by atoms with Crippen LogP contribution in [-0.2, 0) is 25.6 Å². The lowest BCUT2D eigenvalue weighted by molar-refractivity contribution is -0.142. The maximum atomic E-state index is 13.0. The van der Waals surface area contributed by atoms with Gasteiger partial charge >= 0.3 is 5.97 Å². The third-order valence-electron chi connectivity index (χ3n) is 5.35. The number of hydrogen-bond acceptors (Lipinski definition) is 9. The SMILES string of the molecule is CSCCC(NC(=O)C(CS)NC(=O)C(CCCCN)NC(=O)C(N)Cc1ccc(O)cc1)C(=O)O. The Morgan fingerprint density at radius 2 is 1.53 bits per heavy atom. The molecule has 0 aliphatic rings. The number of hydrogen-bond donors (Lipinski definition) is 8. The van der Waals surface area contributed by atoms with E-state index in [-0.39, 0.29) is 30.8 Å². The average molecular weight is 544 g/mol. The zero-order valence-electron chi connectivity index (χ0n) is 20.3. The lowest BCUT2D eigenvalue weighted by Gasteiger charge is -2.24. The number of phenolic OH excluding ortho intramolecular Hbond substituents is 1. The zero-order chi connectivity index (χ0) is 27.1. The first kappa shape index (κ1) is 31.5.